The van der Waals surface area contributed by atoms with Crippen LogP contribution in [-0.4, -0.2) is 46.5 Å². The minimum Gasteiger partial charge on any atom is -0.337 e. The quantitative estimate of drug-likeness (QED) is 0.382. The molecule has 0 fully saturated rings. The summed E-state index contributed by atoms with van der Waals surface area (Å²) in [6.45, 7) is 10.5. The van der Waals surface area contributed by atoms with E-state index in [9.17, 15) is 9.59 Å². The molecule has 0 radical (unpaired) electrons. The number of amides is 3. The molecule has 0 spiro atoms. The third-order valence-electron chi connectivity index (χ3n) is 7.82. The number of carbonyl (C=O) groups is 2. The summed E-state index contributed by atoms with van der Waals surface area (Å²) in [7, 11) is 0. The van der Waals surface area contributed by atoms with E-state index in [0.717, 1.165) is 11.1 Å². The summed E-state index contributed by atoms with van der Waals surface area (Å²) in [4.78, 5) is 33.8. The number of hydrogen-bond acceptors (Lipinski definition) is 3. The van der Waals surface area contributed by atoms with Crippen LogP contribution in [0.25, 0.3) is 0 Å². The molecule has 0 saturated heterocycles. The number of allylic oxidation sites excluding steroid dienone is 7. The predicted octanol–water partition coefficient (Wildman–Crippen LogP) is 6.14. The predicted molar refractivity (Wildman–Crippen MR) is 162 cm³/mol. The van der Waals surface area contributed by atoms with Crippen LogP contribution in [0, 0.1) is 11.8 Å². The van der Waals surface area contributed by atoms with Crippen LogP contribution in [0.15, 0.2) is 103 Å². The van der Waals surface area contributed by atoms with Crippen LogP contribution >= 0.6 is 0 Å². The maximum Gasteiger partial charge on any atom is 0.315 e. The molecule has 2 aliphatic carbocycles. The van der Waals surface area contributed by atoms with Gasteiger partial charge in [0.05, 0.1) is 5.92 Å². The molecule has 2 N–H and O–H groups in total. The van der Waals surface area contributed by atoms with Crippen LogP contribution in [0.1, 0.15) is 57.6 Å². The van der Waals surface area contributed by atoms with Gasteiger partial charge in [-0.1, -0.05) is 78.9 Å². The summed E-state index contributed by atoms with van der Waals surface area (Å²) in [5.41, 5.74) is 3.01. The Morgan fingerprint density at radius 3 is 2.23 bits per heavy atom. The van der Waals surface area contributed by atoms with E-state index in [0.29, 0.717) is 12.5 Å². The number of hydrogen-bond donors (Lipinski definition) is 2. The van der Waals surface area contributed by atoms with Crippen LogP contribution in [0.2, 0.25) is 0 Å². The number of fused-ring (bicyclic) bond motifs is 1. The van der Waals surface area contributed by atoms with Crippen molar-refractivity contribution in [3.8, 4) is 0 Å². The van der Waals surface area contributed by atoms with Crippen molar-refractivity contribution in [1.82, 2.24) is 20.5 Å². The van der Waals surface area contributed by atoms with Gasteiger partial charge in [0.15, 0.2) is 0 Å². The largest absolute Gasteiger partial charge is 0.337 e. The normalized spacial score (nSPS) is 19.9. The van der Waals surface area contributed by atoms with Gasteiger partial charge in [0, 0.05) is 54.8 Å². The molecular weight excluding hydrogens is 496 g/mol. The fourth-order valence-corrected chi connectivity index (χ4v) is 6.02. The zero-order valence-corrected chi connectivity index (χ0v) is 24.2. The van der Waals surface area contributed by atoms with E-state index in [1.165, 1.54) is 5.57 Å². The fourth-order valence-electron chi connectivity index (χ4n) is 6.02. The van der Waals surface area contributed by atoms with E-state index in [-0.39, 0.29) is 41.9 Å². The lowest BCUT2D eigenvalue weighted by atomic mass is 9.77. The Labute approximate surface area is 239 Å². The summed E-state index contributed by atoms with van der Waals surface area (Å²) >= 11 is 0. The van der Waals surface area contributed by atoms with Crippen molar-refractivity contribution in [2.45, 2.75) is 64.6 Å². The molecule has 0 saturated carbocycles. The molecule has 6 nitrogen and oxygen atoms in total. The molecular formula is C34H42N4O2. The van der Waals surface area contributed by atoms with Crippen molar-refractivity contribution in [2.75, 3.05) is 6.54 Å². The molecule has 5 unspecified atom stereocenters. The molecule has 6 heteroatoms. The molecule has 0 aliphatic heterocycles. The van der Waals surface area contributed by atoms with E-state index in [1.807, 2.05) is 82.0 Å². The van der Waals surface area contributed by atoms with E-state index in [4.69, 9.17) is 0 Å². The van der Waals surface area contributed by atoms with Crippen molar-refractivity contribution < 1.29 is 9.59 Å². The lowest BCUT2D eigenvalue weighted by molar-refractivity contribution is -0.137. The summed E-state index contributed by atoms with van der Waals surface area (Å²) in [6.07, 6.45) is 18.4. The Kier molecular flexibility index (Phi) is 9.75. The lowest BCUT2D eigenvalue weighted by Gasteiger charge is -2.37. The highest BCUT2D eigenvalue weighted by Gasteiger charge is 2.36. The molecule has 1 heterocycles. The van der Waals surface area contributed by atoms with Gasteiger partial charge in [-0.05, 0) is 57.4 Å². The second-order valence-electron chi connectivity index (χ2n) is 11.2. The zero-order chi connectivity index (χ0) is 28.6. The summed E-state index contributed by atoms with van der Waals surface area (Å²) in [5, 5.41) is 6.25. The molecule has 1 aromatic carbocycles. The van der Waals surface area contributed by atoms with E-state index < -0.39 is 5.92 Å². The summed E-state index contributed by atoms with van der Waals surface area (Å²) in [5.74, 6) is -0.204. The lowest BCUT2D eigenvalue weighted by Crippen LogP contribution is -2.48. The standard InChI is InChI=1S/C34H42N4O2/c1-23(2)38(24(3)4)33(39)32(28-17-12-20-35-21-28)31(27-13-7-6-8-14-27)22-36-34(40)37-25(5)29-19-11-16-26-15-9-10-18-30(26)29/h6-21,23-26,30-32H,22H2,1-5H3,(H2,36,37,40). The Bertz CT molecular complexity index is 1260. The van der Waals surface area contributed by atoms with Crippen molar-refractivity contribution in [3.63, 3.8) is 0 Å². The maximum absolute atomic E-state index is 14.2. The van der Waals surface area contributed by atoms with E-state index >= 15 is 0 Å². The number of nitrogens with zero attached hydrogens (tertiary/aromatic N) is 2. The second kappa shape index (κ2) is 13.4. The van der Waals surface area contributed by atoms with Crippen molar-refractivity contribution in [2.24, 2.45) is 11.8 Å². The number of rotatable bonds is 10. The molecule has 1 aromatic heterocycles. The first-order chi connectivity index (χ1) is 19.3. The van der Waals surface area contributed by atoms with Crippen LogP contribution in [-0.2, 0) is 4.79 Å². The van der Waals surface area contributed by atoms with E-state index in [1.54, 1.807) is 12.4 Å². The minimum absolute atomic E-state index is 0.0322. The Morgan fingerprint density at radius 1 is 0.875 bits per heavy atom. The highest BCUT2D eigenvalue weighted by Crippen LogP contribution is 2.36. The van der Waals surface area contributed by atoms with Crippen molar-refractivity contribution in [1.29, 1.82) is 0 Å². The molecule has 3 amide bonds. The van der Waals surface area contributed by atoms with Crippen LogP contribution in [0.5, 0.6) is 0 Å². The number of aromatic nitrogens is 1. The summed E-state index contributed by atoms with van der Waals surface area (Å²) < 4.78 is 0. The first-order valence-corrected chi connectivity index (χ1v) is 14.3. The highest BCUT2D eigenvalue weighted by atomic mass is 16.2. The van der Waals surface area contributed by atoms with Gasteiger partial charge in [0.2, 0.25) is 5.91 Å². The number of urea groups is 1. The smallest absolute Gasteiger partial charge is 0.315 e. The maximum atomic E-state index is 14.2. The number of nitrogens with one attached hydrogen (secondary N) is 2. The van der Waals surface area contributed by atoms with Crippen molar-refractivity contribution >= 4 is 11.9 Å². The Morgan fingerprint density at radius 2 is 1.55 bits per heavy atom. The van der Waals surface area contributed by atoms with Crippen molar-refractivity contribution in [3.05, 3.63) is 114 Å². The third kappa shape index (κ3) is 6.79. The molecule has 2 aliphatic rings. The van der Waals surface area contributed by atoms with Gasteiger partial charge < -0.3 is 15.5 Å². The van der Waals surface area contributed by atoms with Gasteiger partial charge in [-0.25, -0.2) is 4.79 Å². The molecule has 40 heavy (non-hydrogen) atoms. The summed E-state index contributed by atoms with van der Waals surface area (Å²) in [6, 6.07) is 13.5. The molecule has 4 rings (SSSR count). The van der Waals surface area contributed by atoms with Crippen LogP contribution in [0.3, 0.4) is 0 Å². The Hall–Kier alpha value is -3.93. The molecule has 2 aromatic rings. The topological polar surface area (TPSA) is 74.3 Å². The first kappa shape index (κ1) is 29.1. The fraction of sp³-hybridized carbons (Fsp3) is 0.382. The van der Waals surface area contributed by atoms with Crippen LogP contribution in [0.4, 0.5) is 4.79 Å². The van der Waals surface area contributed by atoms with E-state index in [2.05, 4.69) is 58.1 Å². The first-order valence-electron chi connectivity index (χ1n) is 14.3. The van der Waals surface area contributed by atoms with Crippen LogP contribution < -0.4 is 10.6 Å². The molecule has 0 bridgehead atoms. The zero-order valence-electron chi connectivity index (χ0n) is 24.2. The number of benzene rings is 1. The van der Waals surface area contributed by atoms with Gasteiger partial charge in [-0.3, -0.25) is 9.78 Å². The number of carbonyl (C=O) groups excluding carboxylic acids is 2. The van der Waals surface area contributed by atoms with Gasteiger partial charge in [-0.2, -0.15) is 0 Å². The highest BCUT2D eigenvalue weighted by molar-refractivity contribution is 5.85. The molecule has 5 atom stereocenters. The second-order valence-corrected chi connectivity index (χ2v) is 11.2. The van der Waals surface area contributed by atoms with Gasteiger partial charge in [0.25, 0.3) is 0 Å². The van der Waals surface area contributed by atoms with Gasteiger partial charge >= 0.3 is 6.03 Å². The third-order valence-corrected chi connectivity index (χ3v) is 7.82. The van der Waals surface area contributed by atoms with Gasteiger partial charge in [0.1, 0.15) is 0 Å². The average molecular weight is 539 g/mol. The Balaban J connectivity index is 1.57. The van der Waals surface area contributed by atoms with Gasteiger partial charge in [-0.15, -0.1) is 0 Å². The SMILES string of the molecule is CC(NC(=O)NCC(c1ccccc1)C(C(=O)N(C(C)C)C(C)C)c1cccnc1)C1=CC=CC2C=CC=CC12. The minimum atomic E-state index is -0.510. The number of pyridine rings is 1. The average Bonchev–Trinajstić information content (AvgIpc) is 2.95. The molecule has 210 valence electrons. The monoisotopic (exact) mass is 538 g/mol.